The molecule has 0 spiro atoms. The first-order chi connectivity index (χ1) is 15.3. The Balaban J connectivity index is 1.45. The molecule has 33 heavy (non-hydrogen) atoms. The second-order valence-electron chi connectivity index (χ2n) is 14.1. The molecule has 1 N–H and O–H groups in total. The summed E-state index contributed by atoms with van der Waals surface area (Å²) in [7, 11) is 0. The fourth-order valence-corrected chi connectivity index (χ4v) is 10.2. The third kappa shape index (κ3) is 3.34. The Morgan fingerprint density at radius 1 is 1.03 bits per heavy atom. The van der Waals surface area contributed by atoms with E-state index in [1.165, 1.54) is 44.9 Å². The van der Waals surface area contributed by atoms with Crippen LogP contribution in [0.1, 0.15) is 113 Å². The maximum absolute atomic E-state index is 11.8. The summed E-state index contributed by atoms with van der Waals surface area (Å²) in [4.78, 5) is 11.8. The first-order valence-corrected chi connectivity index (χ1v) is 13.9. The predicted octanol–water partition coefficient (Wildman–Crippen LogP) is 7.07. The van der Waals surface area contributed by atoms with Crippen LogP contribution in [0.5, 0.6) is 0 Å². The van der Waals surface area contributed by atoms with E-state index in [0.29, 0.717) is 28.6 Å². The molecule has 0 aromatic heterocycles. The lowest BCUT2D eigenvalue weighted by atomic mass is 9.43. The van der Waals surface area contributed by atoms with Gasteiger partial charge in [-0.2, -0.15) is 0 Å². The van der Waals surface area contributed by atoms with Gasteiger partial charge < -0.3 is 9.84 Å². The Bertz CT molecular complexity index is 857. The van der Waals surface area contributed by atoms with Crippen molar-refractivity contribution in [3.8, 4) is 0 Å². The summed E-state index contributed by atoms with van der Waals surface area (Å²) in [6.07, 6.45) is 12.2. The summed E-state index contributed by atoms with van der Waals surface area (Å²) in [5.74, 6) is 2.52. The van der Waals surface area contributed by atoms with Crippen LogP contribution >= 0.6 is 0 Å². The molecule has 3 heteroatoms. The molecule has 0 aromatic carbocycles. The summed E-state index contributed by atoms with van der Waals surface area (Å²) >= 11 is 0. The number of aliphatic hydroxyl groups excluding tert-OH is 1. The standard InChI is InChI=1S/C30H48O3/c1-18(16-20-17-24(20)32)21-10-14-30(7)23-8-9-25-27(3,4)26(33-19(2)31)12-13-28(25,5)22(23)11-15-29(21,30)6/h18,20-21,24-26,32H,8-17H2,1-7H3/t18-,20?,21-,24?,25+,26+,28-,29-,30+/m1/s1. The zero-order valence-corrected chi connectivity index (χ0v) is 22.3. The molecule has 0 aromatic rings. The summed E-state index contributed by atoms with van der Waals surface area (Å²) in [6.45, 7) is 16.6. The molecule has 3 fully saturated rings. The molecule has 0 aliphatic heterocycles. The summed E-state index contributed by atoms with van der Waals surface area (Å²) in [5.41, 5.74) is 4.62. The Labute approximate surface area is 202 Å². The maximum Gasteiger partial charge on any atom is 0.302 e. The lowest BCUT2D eigenvalue weighted by Gasteiger charge is -2.62. The Morgan fingerprint density at radius 3 is 2.36 bits per heavy atom. The molecule has 0 saturated heterocycles. The van der Waals surface area contributed by atoms with Crippen LogP contribution in [0, 0.1) is 45.3 Å². The Kier molecular flexibility index (Phi) is 5.49. The largest absolute Gasteiger partial charge is 0.462 e. The van der Waals surface area contributed by atoms with E-state index in [0.717, 1.165) is 25.2 Å². The summed E-state index contributed by atoms with van der Waals surface area (Å²) in [5, 5.41) is 9.93. The average Bonchev–Trinajstić information content (AvgIpc) is 3.32. The van der Waals surface area contributed by atoms with Crippen molar-refractivity contribution < 1.29 is 14.6 Å². The van der Waals surface area contributed by atoms with Crippen molar-refractivity contribution >= 4 is 5.97 Å². The number of fused-ring (bicyclic) bond motifs is 4. The molecular formula is C30H48O3. The molecule has 0 radical (unpaired) electrons. The van der Waals surface area contributed by atoms with E-state index in [-0.39, 0.29) is 29.0 Å². The van der Waals surface area contributed by atoms with Crippen molar-refractivity contribution in [1.29, 1.82) is 0 Å². The molecule has 0 bridgehead atoms. The van der Waals surface area contributed by atoms with Crippen LogP contribution in [0.4, 0.5) is 0 Å². The van der Waals surface area contributed by atoms with Crippen LogP contribution in [-0.2, 0) is 9.53 Å². The number of ether oxygens (including phenoxy) is 1. The van der Waals surface area contributed by atoms with Gasteiger partial charge in [-0.15, -0.1) is 0 Å². The van der Waals surface area contributed by atoms with Crippen molar-refractivity contribution in [2.24, 2.45) is 45.3 Å². The Hall–Kier alpha value is -0.830. The van der Waals surface area contributed by atoms with Gasteiger partial charge in [0.1, 0.15) is 6.10 Å². The van der Waals surface area contributed by atoms with E-state index in [2.05, 4.69) is 41.5 Å². The monoisotopic (exact) mass is 456 g/mol. The number of carbonyl (C=O) groups is 1. The quantitative estimate of drug-likeness (QED) is 0.363. The molecule has 0 amide bonds. The van der Waals surface area contributed by atoms with Crippen LogP contribution in [0.3, 0.4) is 0 Å². The van der Waals surface area contributed by atoms with Crippen molar-refractivity contribution in [3.63, 3.8) is 0 Å². The minimum Gasteiger partial charge on any atom is -0.462 e. The number of hydrogen-bond donors (Lipinski definition) is 1. The number of aliphatic hydroxyl groups is 1. The van der Waals surface area contributed by atoms with E-state index in [1.807, 2.05) is 5.57 Å². The first kappa shape index (κ1) is 23.9. The third-order valence-corrected chi connectivity index (χ3v) is 12.3. The van der Waals surface area contributed by atoms with Crippen LogP contribution in [0.25, 0.3) is 0 Å². The highest BCUT2D eigenvalue weighted by atomic mass is 16.5. The number of allylic oxidation sites excluding steroid dienone is 2. The van der Waals surface area contributed by atoms with Gasteiger partial charge in [-0.05, 0) is 104 Å². The molecule has 2 unspecified atom stereocenters. The second-order valence-corrected chi connectivity index (χ2v) is 14.1. The van der Waals surface area contributed by atoms with Gasteiger partial charge in [0.05, 0.1) is 6.10 Å². The van der Waals surface area contributed by atoms with Gasteiger partial charge in [0.2, 0.25) is 0 Å². The summed E-state index contributed by atoms with van der Waals surface area (Å²) < 4.78 is 5.85. The fraction of sp³-hybridized carbons (Fsp3) is 0.900. The van der Waals surface area contributed by atoms with Crippen LogP contribution in [0.2, 0.25) is 0 Å². The van der Waals surface area contributed by atoms with Gasteiger partial charge in [0, 0.05) is 12.3 Å². The highest BCUT2D eigenvalue weighted by Crippen LogP contribution is 2.72. The number of carbonyl (C=O) groups excluding carboxylic acids is 1. The lowest BCUT2D eigenvalue weighted by Crippen LogP contribution is -2.55. The molecule has 9 atom stereocenters. The van der Waals surface area contributed by atoms with E-state index < -0.39 is 0 Å². The third-order valence-electron chi connectivity index (χ3n) is 12.3. The molecular weight excluding hydrogens is 408 g/mol. The number of esters is 1. The molecule has 0 heterocycles. The highest BCUT2D eigenvalue weighted by molar-refractivity contribution is 5.66. The predicted molar refractivity (Wildman–Crippen MR) is 132 cm³/mol. The molecule has 186 valence electrons. The van der Waals surface area contributed by atoms with Gasteiger partial charge in [-0.25, -0.2) is 0 Å². The van der Waals surface area contributed by atoms with Crippen LogP contribution in [0.15, 0.2) is 11.1 Å². The maximum atomic E-state index is 11.8. The second kappa shape index (κ2) is 7.58. The number of rotatable bonds is 4. The van der Waals surface area contributed by atoms with E-state index >= 15 is 0 Å². The number of hydrogen-bond acceptors (Lipinski definition) is 3. The highest BCUT2D eigenvalue weighted by Gasteiger charge is 2.63. The Morgan fingerprint density at radius 2 is 1.73 bits per heavy atom. The smallest absolute Gasteiger partial charge is 0.302 e. The van der Waals surface area contributed by atoms with Gasteiger partial charge in [0.25, 0.3) is 0 Å². The topological polar surface area (TPSA) is 46.5 Å². The van der Waals surface area contributed by atoms with Gasteiger partial charge in [-0.1, -0.05) is 52.7 Å². The van der Waals surface area contributed by atoms with Gasteiger partial charge >= 0.3 is 5.97 Å². The SMILES string of the molecule is CC(=O)O[C@H]1CC[C@]2(C)C3=C(CC[C@H]2C1(C)C)[C@]1(C)CC[C@H]([C@H](C)CC2CC2O)[C@@]1(C)CC3. The van der Waals surface area contributed by atoms with E-state index in [4.69, 9.17) is 4.74 Å². The fourth-order valence-electron chi connectivity index (χ4n) is 10.2. The first-order valence-electron chi connectivity index (χ1n) is 13.9. The van der Waals surface area contributed by atoms with Crippen molar-refractivity contribution in [2.75, 3.05) is 0 Å². The van der Waals surface area contributed by atoms with Gasteiger partial charge in [-0.3, -0.25) is 4.79 Å². The van der Waals surface area contributed by atoms with Crippen molar-refractivity contribution in [2.45, 2.75) is 125 Å². The average molecular weight is 457 g/mol. The molecule has 5 aliphatic rings. The zero-order valence-electron chi connectivity index (χ0n) is 22.3. The van der Waals surface area contributed by atoms with Gasteiger partial charge in [0.15, 0.2) is 0 Å². The molecule has 5 aliphatic carbocycles. The minimum atomic E-state index is -0.127. The van der Waals surface area contributed by atoms with Crippen LogP contribution < -0.4 is 0 Å². The lowest BCUT2D eigenvalue weighted by molar-refractivity contribution is -0.167. The van der Waals surface area contributed by atoms with Crippen molar-refractivity contribution in [3.05, 3.63) is 11.1 Å². The molecule has 5 rings (SSSR count). The zero-order chi connectivity index (χ0) is 24.0. The van der Waals surface area contributed by atoms with E-state index in [1.54, 1.807) is 12.5 Å². The summed E-state index contributed by atoms with van der Waals surface area (Å²) in [6, 6.07) is 0. The normalized spacial score (nSPS) is 49.0. The molecule has 3 nitrogen and oxygen atoms in total. The van der Waals surface area contributed by atoms with Crippen molar-refractivity contribution in [1.82, 2.24) is 0 Å². The van der Waals surface area contributed by atoms with E-state index in [9.17, 15) is 9.90 Å². The minimum absolute atomic E-state index is 0.0191. The molecule has 3 saturated carbocycles. The van der Waals surface area contributed by atoms with Crippen LogP contribution in [-0.4, -0.2) is 23.3 Å².